The molecule has 0 N–H and O–H groups in total. The predicted octanol–water partition coefficient (Wildman–Crippen LogP) is 10.0. The number of fused-ring (bicyclic) bond motifs is 2. The van der Waals surface area contributed by atoms with E-state index in [9.17, 15) is 0 Å². The van der Waals surface area contributed by atoms with E-state index >= 15 is 0 Å². The molecule has 2 aliphatic rings. The van der Waals surface area contributed by atoms with E-state index < -0.39 is 25.1 Å². The molecule has 182 valence electrons. The lowest BCUT2D eigenvalue weighted by atomic mass is 10.0. The molecule has 0 aliphatic heterocycles. The summed E-state index contributed by atoms with van der Waals surface area (Å²) < 4.78 is -1.12. The van der Waals surface area contributed by atoms with Gasteiger partial charge in [-0.15, -0.1) is 23.2 Å². The zero-order chi connectivity index (χ0) is 25.2. The van der Waals surface area contributed by atoms with Gasteiger partial charge < -0.3 is 0 Å². The van der Waals surface area contributed by atoms with E-state index in [1.807, 2.05) is 0 Å². The van der Waals surface area contributed by atoms with E-state index in [2.05, 4.69) is 115 Å². The number of allylic oxidation sites excluding steroid dienone is 3. The standard InChI is InChI=1S/C30H40Cl2Si2/c1-9-24-18-22-14-10-12-16-26(22)30(24,32)34(8,21-28(2,3)4)29(31)19-23(20-33(5,6)7)25-15-11-13-17-27(25)29/h10-19H,9,20-21H2,1-8H3. The van der Waals surface area contributed by atoms with Crippen LogP contribution >= 0.6 is 23.2 Å². The van der Waals surface area contributed by atoms with Gasteiger partial charge >= 0.3 is 0 Å². The maximum absolute atomic E-state index is 8.09. The molecule has 3 unspecified atom stereocenters. The van der Waals surface area contributed by atoms with Crippen molar-refractivity contribution in [3.63, 3.8) is 0 Å². The second-order valence-corrected chi connectivity index (χ2v) is 24.8. The smallest absolute Gasteiger partial charge is 0.113 e. The molecular formula is C30H40Cl2Si2. The minimum absolute atomic E-state index is 0.103. The summed E-state index contributed by atoms with van der Waals surface area (Å²) in [5.74, 6) is 0. The highest BCUT2D eigenvalue weighted by molar-refractivity contribution is 6.96. The Labute approximate surface area is 219 Å². The minimum Gasteiger partial charge on any atom is -0.113 e. The highest BCUT2D eigenvalue weighted by Gasteiger charge is 2.66. The van der Waals surface area contributed by atoms with E-state index in [4.69, 9.17) is 23.2 Å². The second kappa shape index (κ2) is 8.51. The molecule has 0 heterocycles. The van der Waals surface area contributed by atoms with Gasteiger partial charge in [-0.1, -0.05) is 115 Å². The maximum Gasteiger partial charge on any atom is 0.120 e. The highest BCUT2D eigenvalue weighted by atomic mass is 35.5. The van der Waals surface area contributed by atoms with Crippen LogP contribution in [0.25, 0.3) is 11.6 Å². The molecule has 0 fully saturated rings. The van der Waals surface area contributed by atoms with Crippen molar-refractivity contribution in [2.75, 3.05) is 0 Å². The Kier molecular flexibility index (Phi) is 6.51. The van der Waals surface area contributed by atoms with Gasteiger partial charge in [-0.05, 0) is 57.3 Å². The van der Waals surface area contributed by atoms with Crippen molar-refractivity contribution in [2.24, 2.45) is 5.41 Å². The van der Waals surface area contributed by atoms with Crippen LogP contribution in [0.5, 0.6) is 0 Å². The summed E-state index contributed by atoms with van der Waals surface area (Å²) in [5.41, 5.74) is 8.02. The topological polar surface area (TPSA) is 0 Å². The Bertz CT molecular complexity index is 1170. The molecule has 2 aromatic rings. The minimum atomic E-state index is -2.57. The van der Waals surface area contributed by atoms with Gasteiger partial charge in [-0.3, -0.25) is 0 Å². The number of hydrogen-bond acceptors (Lipinski definition) is 0. The van der Waals surface area contributed by atoms with Crippen molar-refractivity contribution >= 4 is 51.0 Å². The quantitative estimate of drug-likeness (QED) is 0.259. The Hall–Kier alpha value is -1.07. The van der Waals surface area contributed by atoms with E-state index in [1.165, 1.54) is 33.4 Å². The largest absolute Gasteiger partial charge is 0.120 e. The van der Waals surface area contributed by atoms with Gasteiger partial charge in [0.15, 0.2) is 0 Å². The van der Waals surface area contributed by atoms with Crippen LogP contribution in [0.3, 0.4) is 0 Å². The number of benzene rings is 2. The van der Waals surface area contributed by atoms with Crippen LogP contribution in [0.4, 0.5) is 0 Å². The van der Waals surface area contributed by atoms with Gasteiger partial charge in [0.05, 0.1) is 8.99 Å². The molecule has 0 amide bonds. The van der Waals surface area contributed by atoms with Crippen molar-refractivity contribution in [3.8, 4) is 0 Å². The lowest BCUT2D eigenvalue weighted by Gasteiger charge is -2.53. The van der Waals surface area contributed by atoms with Crippen molar-refractivity contribution < 1.29 is 0 Å². The fourth-order valence-electron chi connectivity index (χ4n) is 6.61. The van der Waals surface area contributed by atoms with Crippen LogP contribution in [-0.2, 0) is 8.99 Å². The SMILES string of the molecule is CCC1=Cc2ccccc2C1(Cl)[Si](C)(CC(C)(C)C)C1(Cl)C=C(C[Si](C)(C)C)c2ccccc21. The van der Waals surface area contributed by atoms with Crippen molar-refractivity contribution in [2.45, 2.75) is 81.4 Å². The molecular weight excluding hydrogens is 487 g/mol. The molecule has 0 spiro atoms. The fraction of sp³-hybridized carbons (Fsp3) is 0.467. The Morgan fingerprint density at radius 1 is 0.853 bits per heavy atom. The molecule has 0 bridgehead atoms. The first-order valence-corrected chi connectivity index (χ1v) is 19.8. The number of hydrogen-bond donors (Lipinski definition) is 0. The lowest BCUT2D eigenvalue weighted by Crippen LogP contribution is -2.63. The van der Waals surface area contributed by atoms with E-state index in [-0.39, 0.29) is 5.41 Å². The van der Waals surface area contributed by atoms with Crippen LogP contribution in [0.1, 0.15) is 56.4 Å². The van der Waals surface area contributed by atoms with Crippen molar-refractivity contribution in [1.82, 2.24) is 0 Å². The summed E-state index contributed by atoms with van der Waals surface area (Å²) in [7, 11) is -3.91. The first kappa shape index (κ1) is 26.0. The summed E-state index contributed by atoms with van der Waals surface area (Å²) in [5, 5.41) is 0. The van der Waals surface area contributed by atoms with E-state index in [1.54, 1.807) is 0 Å². The predicted molar refractivity (Wildman–Crippen MR) is 158 cm³/mol. The number of halogens is 2. The summed E-state index contributed by atoms with van der Waals surface area (Å²) in [4.78, 5) is 0. The molecule has 34 heavy (non-hydrogen) atoms. The molecule has 0 saturated carbocycles. The van der Waals surface area contributed by atoms with Crippen molar-refractivity contribution in [1.29, 1.82) is 0 Å². The summed E-state index contributed by atoms with van der Waals surface area (Å²) in [6.07, 6.45) is 5.75. The van der Waals surface area contributed by atoms with Gasteiger partial charge in [0.25, 0.3) is 0 Å². The summed E-state index contributed by atoms with van der Waals surface area (Å²) >= 11 is 16.2. The van der Waals surface area contributed by atoms with Gasteiger partial charge in [0, 0.05) is 8.07 Å². The van der Waals surface area contributed by atoms with E-state index in [0.717, 1.165) is 18.5 Å². The summed E-state index contributed by atoms with van der Waals surface area (Å²) in [6.45, 7) is 19.1. The first-order valence-electron chi connectivity index (χ1n) is 12.7. The lowest BCUT2D eigenvalue weighted by molar-refractivity contribution is 0.453. The third kappa shape index (κ3) is 4.03. The maximum atomic E-state index is 8.09. The number of alkyl halides is 2. The third-order valence-corrected chi connectivity index (χ3v) is 18.3. The van der Waals surface area contributed by atoms with Crippen LogP contribution in [0.15, 0.2) is 60.2 Å². The zero-order valence-electron chi connectivity index (χ0n) is 22.2. The normalized spacial score (nSPS) is 25.9. The molecule has 0 saturated heterocycles. The van der Waals surface area contributed by atoms with Gasteiger partial charge in [-0.25, -0.2) is 0 Å². The third-order valence-electron chi connectivity index (χ3n) is 7.69. The molecule has 0 aromatic heterocycles. The van der Waals surface area contributed by atoms with Crippen LogP contribution in [0, 0.1) is 5.41 Å². The van der Waals surface area contributed by atoms with Gasteiger partial charge in [0.2, 0.25) is 0 Å². The fourth-order valence-corrected chi connectivity index (χ4v) is 16.3. The van der Waals surface area contributed by atoms with Crippen LogP contribution in [0.2, 0.25) is 38.3 Å². The Morgan fingerprint density at radius 2 is 1.44 bits per heavy atom. The summed E-state index contributed by atoms with van der Waals surface area (Å²) in [6, 6.07) is 19.8. The number of rotatable bonds is 6. The zero-order valence-corrected chi connectivity index (χ0v) is 25.7. The second-order valence-electron chi connectivity index (χ2n) is 13.0. The Morgan fingerprint density at radius 3 is 2.03 bits per heavy atom. The Balaban J connectivity index is 2.03. The first-order chi connectivity index (χ1) is 15.7. The molecule has 4 heteroatoms. The molecule has 2 aliphatic carbocycles. The molecule has 0 radical (unpaired) electrons. The van der Waals surface area contributed by atoms with Crippen LogP contribution < -0.4 is 0 Å². The monoisotopic (exact) mass is 526 g/mol. The van der Waals surface area contributed by atoms with E-state index in [0.29, 0.717) is 0 Å². The van der Waals surface area contributed by atoms with Gasteiger partial charge in [-0.2, -0.15) is 0 Å². The molecule has 0 nitrogen and oxygen atoms in total. The van der Waals surface area contributed by atoms with Gasteiger partial charge in [0.1, 0.15) is 8.07 Å². The molecule has 2 aromatic carbocycles. The van der Waals surface area contributed by atoms with Crippen LogP contribution in [-0.4, -0.2) is 16.1 Å². The molecule has 4 rings (SSSR count). The van der Waals surface area contributed by atoms with Crippen molar-refractivity contribution in [3.05, 3.63) is 82.4 Å². The molecule has 3 atom stereocenters. The average molecular weight is 528 g/mol. The highest BCUT2D eigenvalue weighted by Crippen LogP contribution is 2.64. The average Bonchev–Trinajstić information content (AvgIpc) is 3.19.